The van der Waals surface area contributed by atoms with Crippen LogP contribution in [0.1, 0.15) is 62.5 Å². The van der Waals surface area contributed by atoms with Crippen LogP contribution in [0.25, 0.3) is 0 Å². The number of rotatable bonds is 6. The van der Waals surface area contributed by atoms with Gasteiger partial charge in [-0.05, 0) is 36.8 Å². The average Bonchev–Trinajstić information content (AvgIpc) is 3.27. The third-order valence-corrected chi connectivity index (χ3v) is 6.20. The van der Waals surface area contributed by atoms with Crippen LogP contribution in [0.15, 0.2) is 60.7 Å². The van der Waals surface area contributed by atoms with Gasteiger partial charge in [-0.25, -0.2) is 0 Å². The molecule has 0 bridgehead atoms. The first-order chi connectivity index (χ1) is 12.3. The lowest BCUT2D eigenvalue weighted by atomic mass is 9.87. The maximum absolute atomic E-state index is 7.16. The molecule has 2 aliphatic carbocycles. The van der Waals surface area contributed by atoms with Crippen LogP contribution in [-0.4, -0.2) is 11.2 Å². The lowest BCUT2D eigenvalue weighted by molar-refractivity contribution is -0.151. The van der Waals surface area contributed by atoms with E-state index in [1.165, 1.54) is 62.5 Å². The smallest absolute Gasteiger partial charge is 0.0730 e. The number of hydrogen-bond acceptors (Lipinski definition) is 1. The van der Waals surface area contributed by atoms with E-state index in [1.807, 2.05) is 0 Å². The molecule has 0 radical (unpaired) electrons. The molecule has 25 heavy (non-hydrogen) atoms. The topological polar surface area (TPSA) is 9.23 Å². The van der Waals surface area contributed by atoms with E-state index in [9.17, 15) is 0 Å². The highest BCUT2D eigenvalue weighted by Crippen LogP contribution is 2.45. The van der Waals surface area contributed by atoms with Crippen LogP contribution in [0.5, 0.6) is 0 Å². The number of hydrogen-bond donors (Lipinski definition) is 0. The fraction of sp³-hybridized carbons (Fsp3) is 0.500. The first-order valence-corrected chi connectivity index (χ1v) is 10.1. The molecule has 0 saturated heterocycles. The van der Waals surface area contributed by atoms with E-state index in [1.54, 1.807) is 0 Å². The van der Waals surface area contributed by atoms with Crippen molar-refractivity contribution < 1.29 is 4.74 Å². The molecule has 2 aromatic rings. The van der Waals surface area contributed by atoms with Crippen molar-refractivity contribution in [2.24, 2.45) is 0 Å². The standard InChI is InChI=1S/C24H30O/c1-3-11-21(12-4-1)19-23(15-7-8-16-23)25-24(17-9-10-18-24)20-22-13-5-2-6-14-22/h1-6,11-14H,7-10,15-20H2. The van der Waals surface area contributed by atoms with Gasteiger partial charge in [0.2, 0.25) is 0 Å². The first kappa shape index (κ1) is 16.8. The maximum atomic E-state index is 7.16. The summed E-state index contributed by atoms with van der Waals surface area (Å²) in [5, 5.41) is 0. The Balaban J connectivity index is 1.56. The summed E-state index contributed by atoms with van der Waals surface area (Å²) in [6, 6.07) is 21.9. The summed E-state index contributed by atoms with van der Waals surface area (Å²) in [5.74, 6) is 0. The molecule has 0 spiro atoms. The molecule has 4 rings (SSSR count). The van der Waals surface area contributed by atoms with E-state index in [-0.39, 0.29) is 11.2 Å². The Kier molecular flexibility index (Phi) is 4.94. The summed E-state index contributed by atoms with van der Waals surface area (Å²) in [6.07, 6.45) is 12.3. The zero-order valence-corrected chi connectivity index (χ0v) is 15.3. The third kappa shape index (κ3) is 3.98. The Bertz CT molecular complexity index is 590. The molecule has 0 unspecified atom stereocenters. The van der Waals surface area contributed by atoms with Crippen molar-refractivity contribution in [3.8, 4) is 0 Å². The molecule has 0 aromatic heterocycles. The molecule has 2 aromatic carbocycles. The van der Waals surface area contributed by atoms with Gasteiger partial charge in [0.05, 0.1) is 11.2 Å². The Morgan fingerprint density at radius 3 is 1.28 bits per heavy atom. The van der Waals surface area contributed by atoms with Crippen molar-refractivity contribution in [3.05, 3.63) is 71.8 Å². The van der Waals surface area contributed by atoms with Crippen LogP contribution in [0.3, 0.4) is 0 Å². The Morgan fingerprint density at radius 1 is 0.560 bits per heavy atom. The van der Waals surface area contributed by atoms with Gasteiger partial charge in [0.15, 0.2) is 0 Å². The van der Waals surface area contributed by atoms with Gasteiger partial charge in [0.1, 0.15) is 0 Å². The lowest BCUT2D eigenvalue weighted by Crippen LogP contribution is -2.44. The Labute approximate surface area is 152 Å². The van der Waals surface area contributed by atoms with E-state index in [4.69, 9.17) is 4.74 Å². The maximum Gasteiger partial charge on any atom is 0.0730 e. The van der Waals surface area contributed by atoms with Gasteiger partial charge in [-0.1, -0.05) is 86.3 Å². The molecule has 2 fully saturated rings. The molecule has 132 valence electrons. The SMILES string of the molecule is c1ccc(CC2(OC3(Cc4ccccc4)CCCC3)CCCC2)cc1. The second kappa shape index (κ2) is 7.33. The van der Waals surface area contributed by atoms with Crippen LogP contribution >= 0.6 is 0 Å². The van der Waals surface area contributed by atoms with Crippen molar-refractivity contribution in [1.29, 1.82) is 0 Å². The minimum Gasteiger partial charge on any atom is -0.368 e. The highest BCUT2D eigenvalue weighted by Gasteiger charge is 2.45. The molecule has 2 saturated carbocycles. The second-order valence-electron chi connectivity index (χ2n) is 8.21. The molecule has 0 aliphatic heterocycles. The summed E-state index contributed by atoms with van der Waals surface area (Å²) < 4.78 is 7.16. The van der Waals surface area contributed by atoms with E-state index in [0.29, 0.717) is 0 Å². The van der Waals surface area contributed by atoms with Gasteiger partial charge in [-0.3, -0.25) is 0 Å². The fourth-order valence-corrected chi connectivity index (χ4v) is 5.06. The predicted molar refractivity (Wildman–Crippen MR) is 104 cm³/mol. The van der Waals surface area contributed by atoms with Crippen LogP contribution in [0.2, 0.25) is 0 Å². The van der Waals surface area contributed by atoms with Crippen molar-refractivity contribution >= 4 is 0 Å². The van der Waals surface area contributed by atoms with Gasteiger partial charge in [-0.15, -0.1) is 0 Å². The van der Waals surface area contributed by atoms with Crippen molar-refractivity contribution in [3.63, 3.8) is 0 Å². The summed E-state index contributed by atoms with van der Waals surface area (Å²) in [7, 11) is 0. The zero-order chi connectivity index (χ0) is 17.0. The largest absolute Gasteiger partial charge is 0.368 e. The van der Waals surface area contributed by atoms with Crippen molar-refractivity contribution in [2.45, 2.75) is 75.4 Å². The van der Waals surface area contributed by atoms with Crippen LogP contribution in [-0.2, 0) is 17.6 Å². The van der Waals surface area contributed by atoms with Crippen molar-refractivity contribution in [2.75, 3.05) is 0 Å². The lowest BCUT2D eigenvalue weighted by Gasteiger charge is -2.41. The van der Waals surface area contributed by atoms with Crippen molar-refractivity contribution in [1.82, 2.24) is 0 Å². The first-order valence-electron chi connectivity index (χ1n) is 10.1. The highest BCUT2D eigenvalue weighted by molar-refractivity contribution is 5.20. The van der Waals surface area contributed by atoms with Gasteiger partial charge in [0, 0.05) is 12.8 Å². The molecule has 0 atom stereocenters. The van der Waals surface area contributed by atoms with Gasteiger partial charge >= 0.3 is 0 Å². The number of benzene rings is 2. The van der Waals surface area contributed by atoms with Crippen LogP contribution < -0.4 is 0 Å². The minimum absolute atomic E-state index is 0.0560. The Morgan fingerprint density at radius 2 is 0.920 bits per heavy atom. The summed E-state index contributed by atoms with van der Waals surface area (Å²) >= 11 is 0. The highest BCUT2D eigenvalue weighted by atomic mass is 16.5. The quantitative estimate of drug-likeness (QED) is 0.619. The molecular weight excluding hydrogens is 304 g/mol. The van der Waals surface area contributed by atoms with Crippen LogP contribution in [0.4, 0.5) is 0 Å². The molecule has 0 N–H and O–H groups in total. The normalized spacial score (nSPS) is 21.4. The summed E-state index contributed by atoms with van der Waals surface area (Å²) in [5.41, 5.74) is 2.97. The molecular formula is C24H30O. The molecule has 1 heteroatoms. The van der Waals surface area contributed by atoms with E-state index < -0.39 is 0 Å². The fourth-order valence-electron chi connectivity index (χ4n) is 5.06. The molecule has 0 amide bonds. The van der Waals surface area contributed by atoms with Gasteiger partial charge in [-0.2, -0.15) is 0 Å². The third-order valence-electron chi connectivity index (χ3n) is 6.20. The molecule has 1 nitrogen and oxygen atoms in total. The van der Waals surface area contributed by atoms with E-state index in [0.717, 1.165) is 12.8 Å². The Hall–Kier alpha value is -1.60. The predicted octanol–water partition coefficient (Wildman–Crippen LogP) is 6.11. The number of ether oxygens (including phenoxy) is 1. The minimum atomic E-state index is 0.0560. The molecule has 2 aliphatic rings. The second-order valence-corrected chi connectivity index (χ2v) is 8.21. The average molecular weight is 335 g/mol. The van der Waals surface area contributed by atoms with Crippen LogP contribution in [0, 0.1) is 0 Å². The monoisotopic (exact) mass is 334 g/mol. The summed E-state index contributed by atoms with van der Waals surface area (Å²) in [4.78, 5) is 0. The zero-order valence-electron chi connectivity index (χ0n) is 15.3. The summed E-state index contributed by atoms with van der Waals surface area (Å²) in [6.45, 7) is 0. The van der Waals surface area contributed by atoms with E-state index >= 15 is 0 Å². The van der Waals surface area contributed by atoms with Gasteiger partial charge in [0.25, 0.3) is 0 Å². The van der Waals surface area contributed by atoms with E-state index in [2.05, 4.69) is 60.7 Å². The van der Waals surface area contributed by atoms with Gasteiger partial charge < -0.3 is 4.74 Å². The molecule has 0 heterocycles.